The molecule has 0 radical (unpaired) electrons. The third kappa shape index (κ3) is 0.957. The second kappa shape index (κ2) is 2.62. The Morgan fingerprint density at radius 2 is 1.25 bits per heavy atom. The lowest BCUT2D eigenvalue weighted by Crippen LogP contribution is -2.07. The molecule has 0 bridgehead atoms. The van der Waals surface area contributed by atoms with E-state index in [2.05, 4.69) is 59.9 Å². The summed E-state index contributed by atoms with van der Waals surface area (Å²) in [6, 6.07) is 13.6. The van der Waals surface area contributed by atoms with Crippen LogP contribution in [0.25, 0.3) is 10.8 Å². The van der Waals surface area contributed by atoms with Gasteiger partial charge in [0.2, 0.25) is 0 Å². The minimum Gasteiger partial charge on any atom is -0.146 e. The van der Waals surface area contributed by atoms with Crippen LogP contribution in [0.1, 0.15) is 21.6 Å². The first-order chi connectivity index (χ1) is 7.92. The fourth-order valence-corrected chi connectivity index (χ4v) is 6.05. The predicted molar refractivity (Wildman–Crippen MR) is 72.2 cm³/mol. The Bertz CT molecular complexity index is 565. The molecule has 2 heterocycles. The van der Waals surface area contributed by atoms with Gasteiger partial charge >= 0.3 is 0 Å². The standard InChI is InChI=1S/C14H10S2/c1-2-4-8-6-10-9(5-7(8)3-1)11-13(15-11)14-12(10)16-14/h1-6,11-14H. The van der Waals surface area contributed by atoms with Gasteiger partial charge in [0.05, 0.1) is 0 Å². The van der Waals surface area contributed by atoms with E-state index in [0.717, 1.165) is 21.0 Å². The lowest BCUT2D eigenvalue weighted by atomic mass is 9.89. The monoisotopic (exact) mass is 242 g/mol. The number of rotatable bonds is 0. The lowest BCUT2D eigenvalue weighted by molar-refractivity contribution is 0.831. The predicted octanol–water partition coefficient (Wildman–Crippen LogP) is 4.17. The van der Waals surface area contributed by atoms with E-state index in [1.807, 2.05) is 0 Å². The number of thioether (sulfide) groups is 2. The van der Waals surface area contributed by atoms with E-state index in [9.17, 15) is 0 Å². The van der Waals surface area contributed by atoms with Crippen molar-refractivity contribution in [3.63, 3.8) is 0 Å². The van der Waals surface area contributed by atoms with Gasteiger partial charge in [-0.05, 0) is 34.0 Å². The summed E-state index contributed by atoms with van der Waals surface area (Å²) in [5.74, 6) is 0. The molecule has 2 aliphatic heterocycles. The fraction of sp³-hybridized carbons (Fsp3) is 0.286. The molecule has 16 heavy (non-hydrogen) atoms. The van der Waals surface area contributed by atoms with E-state index in [4.69, 9.17) is 0 Å². The van der Waals surface area contributed by atoms with E-state index in [1.165, 1.54) is 10.8 Å². The van der Waals surface area contributed by atoms with Crippen molar-refractivity contribution in [3.8, 4) is 0 Å². The second-order valence-corrected chi connectivity index (χ2v) is 7.52. The first-order valence-electron chi connectivity index (χ1n) is 5.75. The molecule has 2 heteroatoms. The summed E-state index contributed by atoms with van der Waals surface area (Å²) in [6.45, 7) is 0. The highest BCUT2D eigenvalue weighted by Crippen LogP contribution is 2.75. The smallest absolute Gasteiger partial charge is 0.0434 e. The molecular formula is C14H10S2. The van der Waals surface area contributed by atoms with Crippen LogP contribution in [0.3, 0.4) is 0 Å². The Hall–Kier alpha value is -0.600. The zero-order chi connectivity index (χ0) is 10.3. The largest absolute Gasteiger partial charge is 0.146 e. The van der Waals surface area contributed by atoms with E-state index in [1.54, 1.807) is 11.1 Å². The maximum absolute atomic E-state index is 2.44. The van der Waals surface area contributed by atoms with Crippen LogP contribution in [-0.4, -0.2) is 10.5 Å². The zero-order valence-corrected chi connectivity index (χ0v) is 10.2. The van der Waals surface area contributed by atoms with Crippen LogP contribution in [0, 0.1) is 0 Å². The van der Waals surface area contributed by atoms with Crippen LogP contribution >= 0.6 is 23.5 Å². The maximum atomic E-state index is 2.44. The molecule has 2 saturated heterocycles. The van der Waals surface area contributed by atoms with Crippen molar-refractivity contribution in [1.29, 1.82) is 0 Å². The molecule has 0 saturated carbocycles. The average Bonchev–Trinajstić information content (AvgIpc) is 3.16. The molecule has 0 aromatic heterocycles. The molecule has 2 fully saturated rings. The molecule has 1 aliphatic carbocycles. The SMILES string of the molecule is c1ccc2cc3c(cc2c1)C1SC1C1SC31. The van der Waals surface area contributed by atoms with Crippen LogP contribution in [0.2, 0.25) is 0 Å². The minimum absolute atomic E-state index is 0.829. The number of fused-ring (bicyclic) bond motifs is 7. The Balaban J connectivity index is 1.86. The van der Waals surface area contributed by atoms with E-state index in [-0.39, 0.29) is 0 Å². The molecule has 3 aliphatic rings. The molecule has 0 amide bonds. The maximum Gasteiger partial charge on any atom is 0.0434 e. The molecule has 4 atom stereocenters. The van der Waals surface area contributed by atoms with Gasteiger partial charge in [-0.25, -0.2) is 0 Å². The number of benzene rings is 2. The van der Waals surface area contributed by atoms with Gasteiger partial charge < -0.3 is 0 Å². The molecule has 2 aromatic carbocycles. The summed E-state index contributed by atoms with van der Waals surface area (Å²) >= 11 is 4.36. The highest BCUT2D eigenvalue weighted by Gasteiger charge is 2.61. The molecule has 0 N–H and O–H groups in total. The van der Waals surface area contributed by atoms with Gasteiger partial charge in [0.15, 0.2) is 0 Å². The molecule has 0 nitrogen and oxygen atoms in total. The van der Waals surface area contributed by atoms with Crippen molar-refractivity contribution in [1.82, 2.24) is 0 Å². The zero-order valence-electron chi connectivity index (χ0n) is 8.59. The Labute approximate surface area is 103 Å². The van der Waals surface area contributed by atoms with Crippen molar-refractivity contribution in [2.24, 2.45) is 0 Å². The quantitative estimate of drug-likeness (QED) is 0.636. The van der Waals surface area contributed by atoms with Gasteiger partial charge in [-0.3, -0.25) is 0 Å². The average molecular weight is 242 g/mol. The van der Waals surface area contributed by atoms with Gasteiger partial charge in [0.25, 0.3) is 0 Å². The van der Waals surface area contributed by atoms with Crippen LogP contribution in [-0.2, 0) is 0 Å². The van der Waals surface area contributed by atoms with E-state index >= 15 is 0 Å². The summed E-state index contributed by atoms with van der Waals surface area (Å²) in [4.78, 5) is 0. The summed E-state index contributed by atoms with van der Waals surface area (Å²) in [7, 11) is 0. The Morgan fingerprint density at radius 3 is 1.75 bits per heavy atom. The molecule has 0 spiro atoms. The summed E-state index contributed by atoms with van der Waals surface area (Å²) in [5, 5.41) is 6.38. The fourth-order valence-electron chi connectivity index (χ4n) is 3.02. The normalized spacial score (nSPS) is 37.5. The van der Waals surface area contributed by atoms with Gasteiger partial charge in [-0.1, -0.05) is 24.3 Å². The third-order valence-electron chi connectivity index (χ3n) is 3.94. The van der Waals surface area contributed by atoms with Gasteiger partial charge in [-0.2, -0.15) is 0 Å². The van der Waals surface area contributed by atoms with Crippen LogP contribution < -0.4 is 0 Å². The Morgan fingerprint density at radius 1 is 0.750 bits per heavy atom. The first kappa shape index (κ1) is 8.48. The molecular weight excluding hydrogens is 232 g/mol. The van der Waals surface area contributed by atoms with Gasteiger partial charge in [0, 0.05) is 21.0 Å². The van der Waals surface area contributed by atoms with Gasteiger partial charge in [0.1, 0.15) is 0 Å². The molecule has 2 aromatic rings. The highest BCUT2D eigenvalue weighted by molar-refractivity contribution is 8.12. The van der Waals surface area contributed by atoms with Crippen LogP contribution in [0.4, 0.5) is 0 Å². The lowest BCUT2D eigenvalue weighted by Gasteiger charge is -2.13. The second-order valence-electron chi connectivity index (χ2n) is 4.87. The highest BCUT2D eigenvalue weighted by atomic mass is 32.2. The molecule has 78 valence electrons. The van der Waals surface area contributed by atoms with Crippen molar-refractivity contribution in [2.75, 3.05) is 0 Å². The van der Waals surface area contributed by atoms with Gasteiger partial charge in [-0.15, -0.1) is 23.5 Å². The molecule has 5 rings (SSSR count). The summed E-state index contributed by atoms with van der Waals surface area (Å²) in [6.07, 6.45) is 0. The summed E-state index contributed by atoms with van der Waals surface area (Å²) < 4.78 is 0. The van der Waals surface area contributed by atoms with Crippen molar-refractivity contribution in [2.45, 2.75) is 21.0 Å². The first-order valence-corrected chi connectivity index (χ1v) is 7.64. The Kier molecular flexibility index (Phi) is 1.39. The van der Waals surface area contributed by atoms with Crippen molar-refractivity contribution >= 4 is 34.3 Å². The molecule has 4 unspecified atom stereocenters. The summed E-state index contributed by atoms with van der Waals surface area (Å²) in [5.41, 5.74) is 3.28. The van der Waals surface area contributed by atoms with Crippen LogP contribution in [0.5, 0.6) is 0 Å². The topological polar surface area (TPSA) is 0 Å². The van der Waals surface area contributed by atoms with Crippen molar-refractivity contribution < 1.29 is 0 Å². The number of hydrogen-bond acceptors (Lipinski definition) is 2. The van der Waals surface area contributed by atoms with E-state index < -0.39 is 0 Å². The van der Waals surface area contributed by atoms with Crippen molar-refractivity contribution in [3.05, 3.63) is 47.5 Å². The number of hydrogen-bond donors (Lipinski definition) is 0. The third-order valence-corrected chi connectivity index (χ3v) is 6.92. The minimum atomic E-state index is 0.829. The van der Waals surface area contributed by atoms with Crippen LogP contribution in [0.15, 0.2) is 36.4 Å². The van der Waals surface area contributed by atoms with E-state index in [0.29, 0.717) is 0 Å².